The number of amidine groups is 1. The molecular formula is C5H4N4S2. The molecule has 0 aromatic rings. The summed E-state index contributed by atoms with van der Waals surface area (Å²) in [6.45, 7) is 0. The van der Waals surface area contributed by atoms with E-state index >= 15 is 0 Å². The van der Waals surface area contributed by atoms with Gasteiger partial charge in [0.2, 0.25) is 4.87 Å². The fourth-order valence-corrected chi connectivity index (χ4v) is 1.29. The third-order valence-electron chi connectivity index (χ3n) is 1.44. The van der Waals surface area contributed by atoms with Gasteiger partial charge < -0.3 is 5.32 Å². The third-order valence-corrected chi connectivity index (χ3v) is 2.53. The average molecular weight is 184 g/mol. The fourth-order valence-electron chi connectivity index (χ4n) is 0.858. The number of thiol groups is 1. The third kappa shape index (κ3) is 0.827. The maximum absolute atomic E-state index is 4.95. The summed E-state index contributed by atoms with van der Waals surface area (Å²) in [4.78, 5) is 11.4. The van der Waals surface area contributed by atoms with Crippen molar-refractivity contribution in [1.29, 1.82) is 0 Å². The van der Waals surface area contributed by atoms with Gasteiger partial charge in [0.25, 0.3) is 0 Å². The lowest BCUT2D eigenvalue weighted by molar-refractivity contribution is 1.04. The van der Waals surface area contributed by atoms with Crippen molar-refractivity contribution >= 4 is 48.3 Å². The Bertz CT molecular complexity index is 306. The number of thiocarbonyl (C=S) groups is 1. The molecule has 0 aromatic heterocycles. The molecular weight excluding hydrogens is 180 g/mol. The lowest BCUT2D eigenvalue weighted by atomic mass is 10.2. The van der Waals surface area contributed by atoms with E-state index in [0.29, 0.717) is 10.8 Å². The van der Waals surface area contributed by atoms with Crippen molar-refractivity contribution in [1.82, 2.24) is 5.32 Å². The van der Waals surface area contributed by atoms with Crippen LogP contribution in [-0.2, 0) is 0 Å². The van der Waals surface area contributed by atoms with E-state index in [-0.39, 0.29) is 0 Å². The molecule has 6 heteroatoms. The van der Waals surface area contributed by atoms with Crippen LogP contribution in [0.4, 0.5) is 0 Å². The van der Waals surface area contributed by atoms with Crippen LogP contribution in [0.3, 0.4) is 0 Å². The summed E-state index contributed by atoms with van der Waals surface area (Å²) in [6.07, 6.45) is 2.92. The molecule has 1 unspecified atom stereocenters. The average Bonchev–Trinajstić information content (AvgIpc) is 2.34. The Labute approximate surface area is 73.9 Å². The van der Waals surface area contributed by atoms with Gasteiger partial charge in [-0.2, -0.15) is 0 Å². The molecule has 0 amide bonds. The van der Waals surface area contributed by atoms with Crippen molar-refractivity contribution in [3.63, 3.8) is 0 Å². The van der Waals surface area contributed by atoms with Gasteiger partial charge in [-0.05, 0) is 0 Å². The topological polar surface area (TPSA) is 49.1 Å². The van der Waals surface area contributed by atoms with Gasteiger partial charge in [0, 0.05) is 0 Å². The maximum atomic E-state index is 4.95. The highest BCUT2D eigenvalue weighted by atomic mass is 32.1. The van der Waals surface area contributed by atoms with Crippen molar-refractivity contribution in [2.24, 2.45) is 15.0 Å². The predicted octanol–water partition coefficient (Wildman–Crippen LogP) is 0.0118. The fraction of sp³-hybridized carbons (Fsp3) is 0.200. The summed E-state index contributed by atoms with van der Waals surface area (Å²) >= 11 is 9.20. The summed E-state index contributed by atoms with van der Waals surface area (Å²) in [5, 5.41) is 2.82. The minimum Gasteiger partial charge on any atom is -0.331 e. The molecule has 1 atom stereocenters. The summed E-state index contributed by atoms with van der Waals surface area (Å²) in [6, 6.07) is 0. The Morgan fingerprint density at radius 3 is 3.18 bits per heavy atom. The molecule has 56 valence electrons. The SMILES string of the molecule is S=C1N=CNC2=NC=NC12S. The number of fused-ring (bicyclic) bond motifs is 1. The summed E-state index contributed by atoms with van der Waals surface area (Å²) in [5.74, 6) is 0.626. The normalized spacial score (nSPS) is 33.2. The van der Waals surface area contributed by atoms with Crippen LogP contribution in [-0.4, -0.2) is 28.4 Å². The summed E-state index contributed by atoms with van der Waals surface area (Å²) < 4.78 is 0. The van der Waals surface area contributed by atoms with Crippen LogP contribution >= 0.6 is 24.8 Å². The molecule has 0 aliphatic carbocycles. The van der Waals surface area contributed by atoms with Gasteiger partial charge in [0.1, 0.15) is 6.34 Å². The van der Waals surface area contributed by atoms with Crippen molar-refractivity contribution in [2.75, 3.05) is 0 Å². The molecule has 2 aliphatic rings. The zero-order valence-electron chi connectivity index (χ0n) is 5.35. The van der Waals surface area contributed by atoms with Gasteiger partial charge >= 0.3 is 0 Å². The molecule has 0 spiro atoms. The highest BCUT2D eigenvalue weighted by Gasteiger charge is 2.40. The predicted molar refractivity (Wildman–Crippen MR) is 51.9 cm³/mol. The van der Waals surface area contributed by atoms with E-state index in [1.165, 1.54) is 12.7 Å². The van der Waals surface area contributed by atoms with Crippen molar-refractivity contribution in [3.8, 4) is 0 Å². The van der Waals surface area contributed by atoms with Crippen LogP contribution in [0.15, 0.2) is 15.0 Å². The Balaban J connectivity index is 2.52. The molecule has 0 saturated carbocycles. The van der Waals surface area contributed by atoms with Crippen LogP contribution < -0.4 is 5.32 Å². The number of aliphatic imine (C=N–C) groups is 3. The van der Waals surface area contributed by atoms with E-state index in [4.69, 9.17) is 12.2 Å². The van der Waals surface area contributed by atoms with E-state index in [1.807, 2.05) is 0 Å². The summed E-state index contributed by atoms with van der Waals surface area (Å²) in [7, 11) is 0. The van der Waals surface area contributed by atoms with Crippen LogP contribution in [0.1, 0.15) is 0 Å². The van der Waals surface area contributed by atoms with Crippen LogP contribution in [0.25, 0.3) is 0 Å². The van der Waals surface area contributed by atoms with Gasteiger partial charge in [-0.15, -0.1) is 12.6 Å². The van der Waals surface area contributed by atoms with Crippen LogP contribution in [0.5, 0.6) is 0 Å². The monoisotopic (exact) mass is 184 g/mol. The highest BCUT2D eigenvalue weighted by molar-refractivity contribution is 7.88. The first kappa shape index (κ1) is 6.93. The highest BCUT2D eigenvalue weighted by Crippen LogP contribution is 2.25. The first-order valence-corrected chi connectivity index (χ1v) is 3.77. The molecule has 2 heterocycles. The molecule has 0 aromatic carbocycles. The number of hydrogen-bond donors (Lipinski definition) is 2. The largest absolute Gasteiger partial charge is 0.331 e. The molecule has 2 rings (SSSR count). The lowest BCUT2D eigenvalue weighted by Crippen LogP contribution is -2.47. The molecule has 0 saturated heterocycles. The molecule has 4 nitrogen and oxygen atoms in total. The van der Waals surface area contributed by atoms with Gasteiger partial charge in [-0.1, -0.05) is 12.2 Å². The minimum absolute atomic E-state index is 0.423. The molecule has 2 aliphatic heterocycles. The van der Waals surface area contributed by atoms with E-state index in [0.717, 1.165) is 0 Å². The first-order chi connectivity index (χ1) is 5.23. The van der Waals surface area contributed by atoms with Crippen LogP contribution in [0, 0.1) is 0 Å². The molecule has 1 N–H and O–H groups in total. The van der Waals surface area contributed by atoms with Crippen molar-refractivity contribution in [2.45, 2.75) is 4.87 Å². The molecule has 11 heavy (non-hydrogen) atoms. The number of nitrogens with one attached hydrogen (secondary N) is 1. The van der Waals surface area contributed by atoms with Gasteiger partial charge in [0.15, 0.2) is 10.8 Å². The Morgan fingerprint density at radius 2 is 2.45 bits per heavy atom. The van der Waals surface area contributed by atoms with E-state index < -0.39 is 4.87 Å². The Kier molecular flexibility index (Phi) is 1.33. The van der Waals surface area contributed by atoms with Crippen molar-refractivity contribution in [3.05, 3.63) is 0 Å². The van der Waals surface area contributed by atoms with Gasteiger partial charge in [-0.25, -0.2) is 15.0 Å². The zero-order chi connectivity index (χ0) is 7.90. The summed E-state index contributed by atoms with van der Waals surface area (Å²) in [5.41, 5.74) is 0. The maximum Gasteiger partial charge on any atom is 0.214 e. The van der Waals surface area contributed by atoms with E-state index in [9.17, 15) is 0 Å². The van der Waals surface area contributed by atoms with Crippen molar-refractivity contribution < 1.29 is 0 Å². The Morgan fingerprint density at radius 1 is 1.64 bits per heavy atom. The van der Waals surface area contributed by atoms with Gasteiger partial charge in [-0.3, -0.25) is 0 Å². The Hall–Kier alpha value is -0.750. The number of rotatable bonds is 0. The standard InChI is InChI=1S/C5H4N4S2/c10-4-5(11)3(6-1-8-4)7-2-9-5/h1-2,11H,(H,6,7,8,9,10). The number of nitrogens with zero attached hydrogens (tertiary/aromatic N) is 3. The van der Waals surface area contributed by atoms with E-state index in [1.54, 1.807) is 0 Å². The molecule has 0 bridgehead atoms. The molecule has 0 radical (unpaired) electrons. The molecule has 0 fully saturated rings. The smallest absolute Gasteiger partial charge is 0.214 e. The van der Waals surface area contributed by atoms with E-state index in [2.05, 4.69) is 32.9 Å². The number of hydrogen-bond acceptors (Lipinski definition) is 5. The lowest BCUT2D eigenvalue weighted by Gasteiger charge is -2.23. The second-order valence-corrected chi connectivity index (χ2v) is 3.14. The van der Waals surface area contributed by atoms with Gasteiger partial charge in [0.05, 0.1) is 6.34 Å². The van der Waals surface area contributed by atoms with Crippen LogP contribution in [0.2, 0.25) is 0 Å². The second kappa shape index (κ2) is 2.12. The quantitative estimate of drug-likeness (QED) is 0.411. The first-order valence-electron chi connectivity index (χ1n) is 2.91. The minimum atomic E-state index is -0.815. The zero-order valence-corrected chi connectivity index (χ0v) is 7.06. The second-order valence-electron chi connectivity index (χ2n) is 2.10.